The topological polar surface area (TPSA) is 93.8 Å². The molecular formula is C24H20BrN3O4. The van der Waals surface area contributed by atoms with Gasteiger partial charge in [-0.1, -0.05) is 53.2 Å². The molecule has 0 aliphatic heterocycles. The van der Waals surface area contributed by atoms with Gasteiger partial charge >= 0.3 is 5.97 Å². The van der Waals surface area contributed by atoms with Gasteiger partial charge in [0.15, 0.2) is 6.10 Å². The fraction of sp³-hybridized carbons (Fsp3) is 0.167. The number of carboxylic acids is 1. The van der Waals surface area contributed by atoms with E-state index in [1.165, 1.54) is 17.8 Å². The van der Waals surface area contributed by atoms with E-state index in [2.05, 4.69) is 26.0 Å². The Morgan fingerprint density at radius 3 is 2.75 bits per heavy atom. The zero-order valence-corrected chi connectivity index (χ0v) is 19.0. The minimum Gasteiger partial charge on any atom is -0.479 e. The molecule has 1 heterocycles. The number of aryl methyl sites for hydroxylation is 1. The predicted octanol–water partition coefficient (Wildman–Crippen LogP) is 4.61. The maximum absolute atomic E-state index is 13.2. The van der Waals surface area contributed by atoms with Crippen molar-refractivity contribution < 1.29 is 14.6 Å². The number of aromatic nitrogens is 2. The van der Waals surface area contributed by atoms with Crippen LogP contribution in [-0.2, 0) is 11.2 Å². The third-order valence-electron chi connectivity index (χ3n) is 5.08. The average molecular weight is 494 g/mol. The van der Waals surface area contributed by atoms with Crippen LogP contribution in [-0.4, -0.2) is 33.1 Å². The highest BCUT2D eigenvalue weighted by atomic mass is 79.9. The first-order chi connectivity index (χ1) is 15.4. The van der Waals surface area contributed by atoms with Crippen LogP contribution in [0.15, 0.2) is 69.0 Å². The van der Waals surface area contributed by atoms with Gasteiger partial charge in [0.2, 0.25) is 0 Å². The Labute approximate surface area is 192 Å². The van der Waals surface area contributed by atoms with Gasteiger partial charge < -0.3 is 9.84 Å². The Hall–Kier alpha value is -3.52. The number of nitrogens with zero attached hydrogens (tertiary/aromatic N) is 3. The Morgan fingerprint density at radius 2 is 2.00 bits per heavy atom. The molecule has 162 valence electrons. The summed E-state index contributed by atoms with van der Waals surface area (Å²) in [6.07, 6.45) is 0.989. The summed E-state index contributed by atoms with van der Waals surface area (Å²) in [5.41, 5.74) is 0.900. The molecule has 4 rings (SSSR count). The first-order valence-electron chi connectivity index (χ1n) is 10.1. The van der Waals surface area contributed by atoms with Crippen molar-refractivity contribution in [1.82, 2.24) is 9.66 Å². The zero-order valence-electron chi connectivity index (χ0n) is 17.4. The largest absolute Gasteiger partial charge is 0.479 e. The minimum absolute atomic E-state index is 0.286. The van der Waals surface area contributed by atoms with Gasteiger partial charge in [0.1, 0.15) is 11.6 Å². The number of ether oxygens (including phenoxy) is 1. The first-order valence-corrected chi connectivity index (χ1v) is 10.8. The van der Waals surface area contributed by atoms with Crippen molar-refractivity contribution >= 4 is 49.8 Å². The van der Waals surface area contributed by atoms with Gasteiger partial charge in [-0.25, -0.2) is 9.78 Å². The molecule has 0 saturated carbocycles. The number of fused-ring (bicyclic) bond motifs is 2. The van der Waals surface area contributed by atoms with Crippen LogP contribution in [0, 0.1) is 0 Å². The number of halogens is 1. The Morgan fingerprint density at radius 1 is 1.22 bits per heavy atom. The van der Waals surface area contributed by atoms with Crippen LogP contribution in [0.3, 0.4) is 0 Å². The zero-order chi connectivity index (χ0) is 22.8. The molecule has 0 unspecified atom stereocenters. The summed E-state index contributed by atoms with van der Waals surface area (Å²) in [6.45, 7) is 3.36. The number of hydrogen-bond donors (Lipinski definition) is 1. The number of hydrogen-bond acceptors (Lipinski definition) is 5. The fourth-order valence-corrected chi connectivity index (χ4v) is 3.77. The van der Waals surface area contributed by atoms with E-state index in [4.69, 9.17) is 4.74 Å². The van der Waals surface area contributed by atoms with Crippen molar-refractivity contribution in [3.63, 3.8) is 0 Å². The van der Waals surface area contributed by atoms with Gasteiger partial charge in [-0.3, -0.25) is 4.79 Å². The van der Waals surface area contributed by atoms with Crippen LogP contribution in [0.1, 0.15) is 25.2 Å². The first kappa shape index (κ1) is 21.7. The lowest BCUT2D eigenvalue weighted by Crippen LogP contribution is -2.24. The van der Waals surface area contributed by atoms with Crippen molar-refractivity contribution in [2.24, 2.45) is 5.10 Å². The lowest BCUT2D eigenvalue weighted by molar-refractivity contribution is -0.144. The van der Waals surface area contributed by atoms with E-state index in [1.807, 2.05) is 43.3 Å². The number of carboxylic acid groups (broad SMARTS) is 1. The van der Waals surface area contributed by atoms with Crippen molar-refractivity contribution in [2.45, 2.75) is 26.4 Å². The van der Waals surface area contributed by atoms with Crippen molar-refractivity contribution in [3.05, 3.63) is 80.8 Å². The second-order valence-electron chi connectivity index (χ2n) is 7.20. The molecule has 0 bridgehead atoms. The van der Waals surface area contributed by atoms with Crippen LogP contribution in [0.5, 0.6) is 5.75 Å². The van der Waals surface area contributed by atoms with Gasteiger partial charge in [-0.05, 0) is 42.0 Å². The number of rotatable bonds is 6. The standard InChI is InChI=1S/C24H20BrN3O4/c1-3-22-27-20-10-9-16(25)12-18(20)23(29)28(22)26-13-19-17-7-5-4-6-15(17)8-11-21(19)32-14(2)24(30)31/h4-14H,3H2,1-2H3,(H,30,31)/t14-/m0/s1. The molecule has 0 aliphatic carbocycles. The van der Waals surface area contributed by atoms with Crippen LogP contribution in [0.25, 0.3) is 21.7 Å². The molecule has 1 N–H and O–H groups in total. The number of aliphatic carboxylic acids is 1. The highest BCUT2D eigenvalue weighted by Crippen LogP contribution is 2.28. The molecule has 4 aromatic rings. The molecule has 0 radical (unpaired) electrons. The summed E-state index contributed by atoms with van der Waals surface area (Å²) in [5.74, 6) is -0.192. The van der Waals surface area contributed by atoms with E-state index in [-0.39, 0.29) is 5.56 Å². The molecule has 32 heavy (non-hydrogen) atoms. The molecule has 0 spiro atoms. The SMILES string of the molecule is CCc1nc2ccc(Br)cc2c(=O)n1N=Cc1c(O[C@@H](C)C(=O)O)ccc2ccccc12. The Bertz CT molecular complexity index is 1430. The summed E-state index contributed by atoms with van der Waals surface area (Å²) in [7, 11) is 0. The molecule has 0 aliphatic rings. The number of carbonyl (C=O) groups is 1. The Kier molecular flexibility index (Phi) is 6.05. The van der Waals surface area contributed by atoms with Gasteiger partial charge in [0.25, 0.3) is 5.56 Å². The van der Waals surface area contributed by atoms with E-state index < -0.39 is 12.1 Å². The average Bonchev–Trinajstić information content (AvgIpc) is 2.79. The van der Waals surface area contributed by atoms with Crippen LogP contribution < -0.4 is 10.3 Å². The number of benzene rings is 3. The summed E-state index contributed by atoms with van der Waals surface area (Å²) in [4.78, 5) is 29.1. The van der Waals surface area contributed by atoms with Crippen LogP contribution in [0.2, 0.25) is 0 Å². The quantitative estimate of drug-likeness (QED) is 0.395. The lowest BCUT2D eigenvalue weighted by atomic mass is 10.0. The molecule has 0 amide bonds. The predicted molar refractivity (Wildman–Crippen MR) is 128 cm³/mol. The smallest absolute Gasteiger partial charge is 0.344 e. The van der Waals surface area contributed by atoms with E-state index in [9.17, 15) is 14.7 Å². The molecule has 3 aromatic carbocycles. The highest BCUT2D eigenvalue weighted by Gasteiger charge is 2.16. The van der Waals surface area contributed by atoms with Crippen LogP contribution >= 0.6 is 15.9 Å². The summed E-state index contributed by atoms with van der Waals surface area (Å²) >= 11 is 3.39. The maximum Gasteiger partial charge on any atom is 0.344 e. The molecule has 8 heteroatoms. The molecule has 1 atom stereocenters. The fourth-order valence-electron chi connectivity index (χ4n) is 3.41. The van der Waals surface area contributed by atoms with Crippen molar-refractivity contribution in [1.29, 1.82) is 0 Å². The van der Waals surface area contributed by atoms with E-state index in [1.54, 1.807) is 18.2 Å². The van der Waals surface area contributed by atoms with E-state index in [0.717, 1.165) is 15.2 Å². The summed E-state index contributed by atoms with van der Waals surface area (Å²) < 4.78 is 7.73. The van der Waals surface area contributed by atoms with Gasteiger partial charge in [0.05, 0.1) is 17.1 Å². The second-order valence-corrected chi connectivity index (χ2v) is 8.12. The molecule has 7 nitrogen and oxygen atoms in total. The molecule has 0 saturated heterocycles. The lowest BCUT2D eigenvalue weighted by Gasteiger charge is -2.15. The minimum atomic E-state index is -1.07. The third kappa shape index (κ3) is 4.13. The van der Waals surface area contributed by atoms with E-state index >= 15 is 0 Å². The summed E-state index contributed by atoms with van der Waals surface area (Å²) in [5, 5.41) is 15.9. The van der Waals surface area contributed by atoms with Gasteiger partial charge in [-0.15, -0.1) is 0 Å². The normalized spacial score (nSPS) is 12.5. The molecule has 1 aromatic heterocycles. The van der Waals surface area contributed by atoms with E-state index in [0.29, 0.717) is 34.5 Å². The van der Waals surface area contributed by atoms with Gasteiger partial charge in [-0.2, -0.15) is 9.78 Å². The molecular weight excluding hydrogens is 474 g/mol. The third-order valence-corrected chi connectivity index (χ3v) is 5.57. The molecule has 0 fully saturated rings. The van der Waals surface area contributed by atoms with Crippen molar-refractivity contribution in [2.75, 3.05) is 0 Å². The maximum atomic E-state index is 13.2. The highest BCUT2D eigenvalue weighted by molar-refractivity contribution is 9.10. The monoisotopic (exact) mass is 493 g/mol. The van der Waals surface area contributed by atoms with Crippen LogP contribution in [0.4, 0.5) is 0 Å². The second kappa shape index (κ2) is 8.92. The summed E-state index contributed by atoms with van der Waals surface area (Å²) in [6, 6.07) is 16.5. The van der Waals surface area contributed by atoms with Crippen molar-refractivity contribution in [3.8, 4) is 5.75 Å². The Balaban J connectivity index is 1.90. The van der Waals surface area contributed by atoms with Gasteiger partial charge in [0, 0.05) is 16.5 Å².